The highest BCUT2D eigenvalue weighted by Crippen LogP contribution is 2.19. The molecule has 0 bridgehead atoms. The van der Waals surface area contributed by atoms with E-state index in [9.17, 15) is 4.39 Å². The number of aromatic nitrogens is 2. The fourth-order valence-corrected chi connectivity index (χ4v) is 1.34. The van der Waals surface area contributed by atoms with Gasteiger partial charge in [0.15, 0.2) is 0 Å². The molecule has 1 heterocycles. The average Bonchev–Trinajstić information content (AvgIpc) is 2.58. The van der Waals surface area contributed by atoms with Gasteiger partial charge in [0.05, 0.1) is 5.69 Å². The van der Waals surface area contributed by atoms with Crippen molar-refractivity contribution in [2.24, 2.45) is 7.05 Å². The fourth-order valence-electron chi connectivity index (χ4n) is 1.34. The first-order valence-electron chi connectivity index (χ1n) is 4.67. The zero-order valence-corrected chi connectivity index (χ0v) is 8.66. The topological polar surface area (TPSA) is 29.9 Å². The minimum absolute atomic E-state index is 0.274. The number of anilines is 2. The van der Waals surface area contributed by atoms with Gasteiger partial charge in [0.1, 0.15) is 5.82 Å². The molecule has 0 aliphatic carbocycles. The Morgan fingerprint density at radius 1 is 1.40 bits per heavy atom. The Labute approximate surface area is 87.6 Å². The van der Waals surface area contributed by atoms with Gasteiger partial charge in [0, 0.05) is 19.4 Å². The standard InChI is InChI=1S/C11H12FN3/c1-8-3-4-9(12)10(7-8)14-11-13-5-6-15(11)2/h3-7H,1-2H3,(H,13,14). The monoisotopic (exact) mass is 205 g/mol. The predicted octanol–water partition coefficient (Wildman–Crippen LogP) is 2.61. The van der Waals surface area contributed by atoms with E-state index in [1.165, 1.54) is 6.07 Å². The lowest BCUT2D eigenvalue weighted by Crippen LogP contribution is -2.00. The van der Waals surface area contributed by atoms with Crippen molar-refractivity contribution < 1.29 is 4.39 Å². The molecule has 1 N–H and O–H groups in total. The summed E-state index contributed by atoms with van der Waals surface area (Å²) in [5.41, 5.74) is 1.46. The van der Waals surface area contributed by atoms with Crippen LogP contribution < -0.4 is 5.32 Å². The third kappa shape index (κ3) is 1.98. The first kappa shape index (κ1) is 9.71. The summed E-state index contributed by atoms with van der Waals surface area (Å²) in [5.74, 6) is 0.350. The maximum Gasteiger partial charge on any atom is 0.207 e. The molecule has 0 saturated heterocycles. The highest BCUT2D eigenvalue weighted by molar-refractivity contribution is 5.55. The van der Waals surface area contributed by atoms with Gasteiger partial charge in [-0.15, -0.1) is 0 Å². The number of halogens is 1. The zero-order valence-electron chi connectivity index (χ0n) is 8.66. The van der Waals surface area contributed by atoms with Crippen molar-refractivity contribution in [1.29, 1.82) is 0 Å². The summed E-state index contributed by atoms with van der Waals surface area (Å²) in [7, 11) is 1.85. The molecule has 0 spiro atoms. The summed E-state index contributed by atoms with van der Waals surface area (Å²) in [6.45, 7) is 1.92. The number of aryl methyl sites for hydroxylation is 2. The van der Waals surface area contributed by atoms with Crippen molar-refractivity contribution in [2.75, 3.05) is 5.32 Å². The smallest absolute Gasteiger partial charge is 0.207 e. The number of imidazole rings is 1. The Hall–Kier alpha value is -1.84. The van der Waals surface area contributed by atoms with Crippen LogP contribution in [-0.2, 0) is 7.05 Å². The summed E-state index contributed by atoms with van der Waals surface area (Å²) in [6, 6.07) is 4.93. The maximum atomic E-state index is 13.4. The molecule has 3 nitrogen and oxygen atoms in total. The Bertz CT molecular complexity index is 476. The van der Waals surface area contributed by atoms with E-state index < -0.39 is 0 Å². The van der Waals surface area contributed by atoms with Crippen molar-refractivity contribution in [2.45, 2.75) is 6.92 Å². The van der Waals surface area contributed by atoms with Gasteiger partial charge in [-0.1, -0.05) is 6.07 Å². The van der Waals surface area contributed by atoms with Gasteiger partial charge in [-0.3, -0.25) is 0 Å². The third-order valence-corrected chi connectivity index (χ3v) is 2.19. The molecule has 0 radical (unpaired) electrons. The zero-order chi connectivity index (χ0) is 10.8. The Morgan fingerprint density at radius 2 is 2.20 bits per heavy atom. The van der Waals surface area contributed by atoms with Crippen molar-refractivity contribution in [1.82, 2.24) is 9.55 Å². The number of nitrogens with zero attached hydrogens (tertiary/aromatic N) is 2. The molecular formula is C11H12FN3. The molecule has 4 heteroatoms. The van der Waals surface area contributed by atoms with E-state index in [2.05, 4.69) is 10.3 Å². The maximum absolute atomic E-state index is 13.4. The fraction of sp³-hybridized carbons (Fsp3) is 0.182. The molecule has 2 rings (SSSR count). The lowest BCUT2D eigenvalue weighted by Gasteiger charge is -2.07. The van der Waals surface area contributed by atoms with Crippen LogP contribution in [0.1, 0.15) is 5.56 Å². The van der Waals surface area contributed by atoms with Gasteiger partial charge in [-0.2, -0.15) is 0 Å². The summed E-state index contributed by atoms with van der Waals surface area (Å²) in [4.78, 5) is 4.07. The van der Waals surface area contributed by atoms with Gasteiger partial charge in [0.25, 0.3) is 0 Å². The SMILES string of the molecule is Cc1ccc(F)c(Nc2nccn2C)c1. The molecule has 1 aromatic heterocycles. The summed E-state index contributed by atoms with van der Waals surface area (Å²) in [6.07, 6.45) is 3.46. The molecule has 0 atom stereocenters. The van der Waals surface area contributed by atoms with E-state index >= 15 is 0 Å². The third-order valence-electron chi connectivity index (χ3n) is 2.19. The van der Waals surface area contributed by atoms with Crippen LogP contribution in [-0.4, -0.2) is 9.55 Å². The molecule has 0 aliphatic heterocycles. The van der Waals surface area contributed by atoms with E-state index in [0.717, 1.165) is 5.56 Å². The summed E-state index contributed by atoms with van der Waals surface area (Å²) >= 11 is 0. The van der Waals surface area contributed by atoms with Crippen molar-refractivity contribution in [3.05, 3.63) is 42.0 Å². The van der Waals surface area contributed by atoms with Gasteiger partial charge >= 0.3 is 0 Å². The number of rotatable bonds is 2. The van der Waals surface area contributed by atoms with Crippen LogP contribution in [0.4, 0.5) is 16.0 Å². The Balaban J connectivity index is 2.32. The van der Waals surface area contributed by atoms with Crippen LogP contribution >= 0.6 is 0 Å². The predicted molar refractivity (Wildman–Crippen MR) is 57.6 cm³/mol. The molecule has 0 unspecified atom stereocenters. The number of hydrogen-bond donors (Lipinski definition) is 1. The van der Waals surface area contributed by atoms with E-state index in [0.29, 0.717) is 11.6 Å². The van der Waals surface area contributed by atoms with Crippen LogP contribution in [0.3, 0.4) is 0 Å². The summed E-state index contributed by atoms with van der Waals surface area (Å²) in [5, 5.41) is 2.94. The van der Waals surface area contributed by atoms with Gasteiger partial charge in [0.2, 0.25) is 5.95 Å². The number of benzene rings is 1. The quantitative estimate of drug-likeness (QED) is 0.816. The average molecular weight is 205 g/mol. The van der Waals surface area contributed by atoms with E-state index in [-0.39, 0.29) is 5.82 Å². The second-order valence-corrected chi connectivity index (χ2v) is 3.47. The van der Waals surface area contributed by atoms with Crippen LogP contribution in [0, 0.1) is 12.7 Å². The molecule has 0 amide bonds. The van der Waals surface area contributed by atoms with Gasteiger partial charge < -0.3 is 9.88 Å². The lowest BCUT2D eigenvalue weighted by molar-refractivity contribution is 0.631. The van der Waals surface area contributed by atoms with Crippen molar-refractivity contribution in [3.8, 4) is 0 Å². The second kappa shape index (κ2) is 3.73. The number of nitrogens with one attached hydrogen (secondary N) is 1. The number of hydrogen-bond acceptors (Lipinski definition) is 2. The van der Waals surface area contributed by atoms with E-state index in [4.69, 9.17) is 0 Å². The van der Waals surface area contributed by atoms with E-state index in [1.807, 2.05) is 14.0 Å². The Morgan fingerprint density at radius 3 is 2.87 bits per heavy atom. The summed E-state index contributed by atoms with van der Waals surface area (Å²) < 4.78 is 15.2. The highest BCUT2D eigenvalue weighted by atomic mass is 19.1. The molecule has 15 heavy (non-hydrogen) atoms. The molecule has 78 valence electrons. The first-order chi connectivity index (χ1) is 7.16. The lowest BCUT2D eigenvalue weighted by atomic mass is 10.2. The van der Waals surface area contributed by atoms with Crippen molar-refractivity contribution in [3.63, 3.8) is 0 Å². The minimum atomic E-state index is -0.274. The largest absolute Gasteiger partial charge is 0.323 e. The van der Waals surface area contributed by atoms with Crippen LogP contribution in [0.2, 0.25) is 0 Å². The molecular weight excluding hydrogens is 193 g/mol. The highest BCUT2D eigenvalue weighted by Gasteiger charge is 2.04. The Kier molecular flexibility index (Phi) is 2.41. The minimum Gasteiger partial charge on any atom is -0.323 e. The molecule has 0 saturated carbocycles. The molecule has 1 aromatic carbocycles. The van der Waals surface area contributed by atoms with Gasteiger partial charge in [-0.05, 0) is 24.6 Å². The second-order valence-electron chi connectivity index (χ2n) is 3.47. The molecule has 2 aromatic rings. The van der Waals surface area contributed by atoms with Gasteiger partial charge in [-0.25, -0.2) is 9.37 Å². The normalized spacial score (nSPS) is 10.3. The molecule has 0 fully saturated rings. The van der Waals surface area contributed by atoms with Crippen LogP contribution in [0.5, 0.6) is 0 Å². The van der Waals surface area contributed by atoms with Crippen LogP contribution in [0.25, 0.3) is 0 Å². The van der Waals surface area contributed by atoms with Crippen LogP contribution in [0.15, 0.2) is 30.6 Å². The van der Waals surface area contributed by atoms with Crippen molar-refractivity contribution >= 4 is 11.6 Å². The van der Waals surface area contributed by atoms with E-state index in [1.54, 1.807) is 29.1 Å². The first-order valence-corrected chi connectivity index (χ1v) is 4.67. The molecule has 0 aliphatic rings.